The van der Waals surface area contributed by atoms with Gasteiger partial charge in [0, 0.05) is 24.6 Å². The number of piperidine rings is 1. The van der Waals surface area contributed by atoms with E-state index in [9.17, 15) is 13.2 Å². The van der Waals surface area contributed by atoms with Crippen LogP contribution in [-0.4, -0.2) is 47.8 Å². The van der Waals surface area contributed by atoms with Crippen molar-refractivity contribution in [2.45, 2.75) is 32.1 Å². The summed E-state index contributed by atoms with van der Waals surface area (Å²) in [6, 6.07) is 9.81. The Bertz CT molecular complexity index is 945. The highest BCUT2D eigenvalue weighted by molar-refractivity contribution is 7.88. The van der Waals surface area contributed by atoms with Crippen LogP contribution < -0.4 is 5.32 Å². The number of para-hydroxylation sites is 1. The first-order chi connectivity index (χ1) is 12.9. The zero-order chi connectivity index (χ0) is 19.0. The first-order valence-electron chi connectivity index (χ1n) is 9.35. The molecular weight excluding hydrogens is 364 g/mol. The summed E-state index contributed by atoms with van der Waals surface area (Å²) >= 11 is 0. The Morgan fingerprint density at radius 3 is 2.52 bits per heavy atom. The van der Waals surface area contributed by atoms with Crippen LogP contribution in [0.4, 0.5) is 5.82 Å². The highest BCUT2D eigenvalue weighted by Gasteiger charge is 2.31. The van der Waals surface area contributed by atoms with Gasteiger partial charge < -0.3 is 5.32 Å². The lowest BCUT2D eigenvalue weighted by molar-refractivity contribution is -0.120. The molecule has 1 N–H and O–H groups in total. The number of amides is 1. The van der Waals surface area contributed by atoms with Crippen molar-refractivity contribution in [3.05, 3.63) is 41.6 Å². The first-order valence-corrected chi connectivity index (χ1v) is 11.2. The molecule has 0 unspecified atom stereocenters. The van der Waals surface area contributed by atoms with E-state index in [0.29, 0.717) is 25.9 Å². The Hall–Kier alpha value is -2.19. The number of fused-ring (bicyclic) bond motifs is 1. The van der Waals surface area contributed by atoms with Crippen LogP contribution in [0.2, 0.25) is 0 Å². The Morgan fingerprint density at radius 2 is 1.85 bits per heavy atom. The van der Waals surface area contributed by atoms with Gasteiger partial charge in [0.2, 0.25) is 15.9 Å². The molecule has 2 aliphatic rings. The van der Waals surface area contributed by atoms with Crippen molar-refractivity contribution in [3.8, 4) is 5.69 Å². The average Bonchev–Trinajstić information content (AvgIpc) is 3.24. The largest absolute Gasteiger partial charge is 0.310 e. The molecule has 0 radical (unpaired) electrons. The van der Waals surface area contributed by atoms with Gasteiger partial charge in [-0.15, -0.1) is 0 Å². The number of sulfonamides is 1. The normalized spacial score (nSPS) is 18.4. The van der Waals surface area contributed by atoms with Gasteiger partial charge in [0.05, 0.1) is 17.6 Å². The summed E-state index contributed by atoms with van der Waals surface area (Å²) in [5.41, 5.74) is 3.11. The van der Waals surface area contributed by atoms with Crippen molar-refractivity contribution in [1.82, 2.24) is 14.1 Å². The second-order valence-corrected chi connectivity index (χ2v) is 9.28. The van der Waals surface area contributed by atoms with Crippen molar-refractivity contribution in [3.63, 3.8) is 0 Å². The van der Waals surface area contributed by atoms with Gasteiger partial charge in [0.15, 0.2) is 0 Å². The molecule has 2 heterocycles. The summed E-state index contributed by atoms with van der Waals surface area (Å²) in [4.78, 5) is 12.9. The van der Waals surface area contributed by atoms with Gasteiger partial charge in [-0.3, -0.25) is 4.79 Å². The molecule has 0 atom stereocenters. The highest BCUT2D eigenvalue weighted by atomic mass is 32.2. The average molecular weight is 388 g/mol. The third-order valence-electron chi connectivity index (χ3n) is 5.44. The van der Waals surface area contributed by atoms with Gasteiger partial charge in [0.25, 0.3) is 0 Å². The lowest BCUT2D eigenvalue weighted by Gasteiger charge is -2.29. The van der Waals surface area contributed by atoms with Crippen LogP contribution in [0.25, 0.3) is 5.69 Å². The molecule has 7 nitrogen and oxygen atoms in total. The van der Waals surface area contributed by atoms with Crippen molar-refractivity contribution in [2.75, 3.05) is 24.7 Å². The van der Waals surface area contributed by atoms with Crippen LogP contribution in [0.1, 0.15) is 30.5 Å². The maximum absolute atomic E-state index is 12.9. The number of carbonyl (C=O) groups excluding carboxylic acids is 1. The molecule has 1 aliphatic carbocycles. The number of anilines is 1. The molecule has 0 saturated carbocycles. The maximum atomic E-state index is 12.9. The van der Waals surface area contributed by atoms with E-state index in [2.05, 4.69) is 5.32 Å². The maximum Gasteiger partial charge on any atom is 0.228 e. The summed E-state index contributed by atoms with van der Waals surface area (Å²) in [5.74, 6) is 0.540. The molecule has 2 aromatic rings. The molecule has 144 valence electrons. The molecule has 1 aliphatic heterocycles. The molecule has 1 fully saturated rings. The van der Waals surface area contributed by atoms with Gasteiger partial charge >= 0.3 is 0 Å². The Balaban J connectivity index is 1.54. The lowest BCUT2D eigenvalue weighted by Crippen LogP contribution is -2.41. The molecule has 1 saturated heterocycles. The number of aromatic nitrogens is 2. The minimum Gasteiger partial charge on any atom is -0.310 e. The second-order valence-electron chi connectivity index (χ2n) is 7.30. The minimum atomic E-state index is -3.19. The summed E-state index contributed by atoms with van der Waals surface area (Å²) in [6.45, 7) is 0.792. The van der Waals surface area contributed by atoms with Crippen LogP contribution >= 0.6 is 0 Å². The number of hydrogen-bond acceptors (Lipinski definition) is 4. The Labute approximate surface area is 159 Å². The lowest BCUT2D eigenvalue weighted by atomic mass is 9.97. The van der Waals surface area contributed by atoms with Crippen molar-refractivity contribution < 1.29 is 13.2 Å². The smallest absolute Gasteiger partial charge is 0.228 e. The fraction of sp³-hybridized carbons (Fsp3) is 0.474. The van der Waals surface area contributed by atoms with E-state index < -0.39 is 10.0 Å². The molecule has 0 spiro atoms. The first kappa shape index (κ1) is 18.2. The van der Waals surface area contributed by atoms with Crippen molar-refractivity contribution in [1.29, 1.82) is 0 Å². The Morgan fingerprint density at radius 1 is 1.15 bits per heavy atom. The number of nitrogens with zero attached hydrogens (tertiary/aromatic N) is 3. The van der Waals surface area contributed by atoms with E-state index in [-0.39, 0.29) is 11.8 Å². The molecule has 27 heavy (non-hydrogen) atoms. The standard InChI is InChI=1S/C19H24N4O3S/c1-27(25,26)22-12-10-14(11-13-22)19(24)20-18-16-8-5-9-17(16)21-23(18)15-6-3-2-4-7-15/h2-4,6-7,14H,5,8-13H2,1H3,(H,20,24). The number of carbonyl (C=O) groups is 1. The molecule has 1 aromatic heterocycles. The van der Waals surface area contributed by atoms with Crippen LogP contribution in [0.15, 0.2) is 30.3 Å². The number of nitrogens with one attached hydrogen (secondary N) is 1. The predicted molar refractivity (Wildman–Crippen MR) is 103 cm³/mol. The van der Waals surface area contributed by atoms with Crippen LogP contribution in [0.5, 0.6) is 0 Å². The fourth-order valence-corrected chi connectivity index (χ4v) is 4.82. The zero-order valence-electron chi connectivity index (χ0n) is 15.4. The fourth-order valence-electron chi connectivity index (χ4n) is 3.94. The summed E-state index contributed by atoms with van der Waals surface area (Å²) in [5, 5.41) is 7.82. The second kappa shape index (κ2) is 7.09. The van der Waals surface area contributed by atoms with Crippen molar-refractivity contribution >= 4 is 21.7 Å². The molecular formula is C19H24N4O3S. The van der Waals surface area contributed by atoms with Crippen LogP contribution in [0.3, 0.4) is 0 Å². The molecule has 1 amide bonds. The van der Waals surface area contributed by atoms with E-state index in [0.717, 1.165) is 42.0 Å². The zero-order valence-corrected chi connectivity index (χ0v) is 16.2. The number of rotatable bonds is 4. The van der Waals surface area contributed by atoms with Gasteiger partial charge in [-0.25, -0.2) is 17.4 Å². The highest BCUT2D eigenvalue weighted by Crippen LogP contribution is 2.32. The minimum absolute atomic E-state index is 0.0464. The molecule has 0 bridgehead atoms. The quantitative estimate of drug-likeness (QED) is 0.868. The van der Waals surface area contributed by atoms with E-state index in [1.54, 1.807) is 0 Å². The summed E-state index contributed by atoms with van der Waals surface area (Å²) in [6.07, 6.45) is 5.22. The third kappa shape index (κ3) is 3.64. The summed E-state index contributed by atoms with van der Waals surface area (Å²) < 4.78 is 26.6. The SMILES string of the molecule is CS(=O)(=O)N1CCC(C(=O)Nc2c3c(nn2-c2ccccc2)CCC3)CC1. The van der Waals surface area contributed by atoms with Crippen molar-refractivity contribution in [2.24, 2.45) is 5.92 Å². The van der Waals surface area contributed by atoms with Gasteiger partial charge in [-0.2, -0.15) is 5.10 Å². The Kier molecular flexibility index (Phi) is 4.77. The van der Waals surface area contributed by atoms with Gasteiger partial charge in [0.1, 0.15) is 5.82 Å². The van der Waals surface area contributed by atoms with Gasteiger partial charge in [-0.05, 0) is 44.2 Å². The molecule has 8 heteroatoms. The van der Waals surface area contributed by atoms with E-state index in [4.69, 9.17) is 5.10 Å². The predicted octanol–water partition coefficient (Wildman–Crippen LogP) is 1.97. The van der Waals surface area contributed by atoms with Crippen LogP contribution in [-0.2, 0) is 27.7 Å². The van der Waals surface area contributed by atoms with E-state index in [1.165, 1.54) is 10.6 Å². The third-order valence-corrected chi connectivity index (χ3v) is 6.75. The number of hydrogen-bond donors (Lipinski definition) is 1. The molecule has 1 aromatic carbocycles. The summed E-state index contributed by atoms with van der Waals surface area (Å²) in [7, 11) is -3.19. The van der Waals surface area contributed by atoms with Crippen LogP contribution in [0, 0.1) is 5.92 Å². The number of aryl methyl sites for hydroxylation is 1. The molecule has 4 rings (SSSR count). The van der Waals surface area contributed by atoms with E-state index in [1.807, 2.05) is 35.0 Å². The number of benzene rings is 1. The topological polar surface area (TPSA) is 84.3 Å². The van der Waals surface area contributed by atoms with E-state index >= 15 is 0 Å². The monoisotopic (exact) mass is 388 g/mol. The van der Waals surface area contributed by atoms with Gasteiger partial charge in [-0.1, -0.05) is 18.2 Å².